The van der Waals surface area contributed by atoms with Gasteiger partial charge in [-0.05, 0) is 66.7 Å². The highest BCUT2D eigenvalue weighted by atomic mass is 15.6. The number of rotatable bonds is 3. The summed E-state index contributed by atoms with van der Waals surface area (Å²) in [5.41, 5.74) is 9.89. The first-order valence-corrected chi connectivity index (χ1v) is 14.2. The van der Waals surface area contributed by atoms with E-state index in [-0.39, 0.29) is 0 Å². The Labute approximate surface area is 242 Å². The number of anilines is 5. The standard InChI is InChI=1S/C37H25N5/c1-3-13-27(14-4-1)39-25-26-23-24-35-36(37(26)38-39)29-17-7-8-18-30(29)41(35)42-33-21-11-9-19-31(33)40(28-15-5-2-6-16-28)32-20-10-12-22-34(32)42/h1-25H. The van der Waals surface area contributed by atoms with Crippen LogP contribution in [0.5, 0.6) is 0 Å². The van der Waals surface area contributed by atoms with Gasteiger partial charge >= 0.3 is 0 Å². The minimum atomic E-state index is 0.996. The van der Waals surface area contributed by atoms with E-state index in [1.807, 2.05) is 22.9 Å². The fourth-order valence-corrected chi connectivity index (χ4v) is 6.44. The maximum atomic E-state index is 5.14. The molecule has 1 aliphatic rings. The topological polar surface area (TPSA) is 29.2 Å². The first-order chi connectivity index (χ1) is 20.9. The maximum Gasteiger partial charge on any atom is 0.103 e. The highest BCUT2D eigenvalue weighted by Crippen LogP contribution is 2.52. The van der Waals surface area contributed by atoms with Gasteiger partial charge < -0.3 is 4.90 Å². The van der Waals surface area contributed by atoms with Gasteiger partial charge in [0.15, 0.2) is 0 Å². The molecule has 0 unspecified atom stereocenters. The molecule has 0 spiro atoms. The van der Waals surface area contributed by atoms with Gasteiger partial charge in [0, 0.05) is 28.0 Å². The van der Waals surface area contributed by atoms with E-state index in [9.17, 15) is 0 Å². The maximum absolute atomic E-state index is 5.14. The van der Waals surface area contributed by atoms with E-state index in [2.05, 4.69) is 148 Å². The van der Waals surface area contributed by atoms with E-state index in [4.69, 9.17) is 5.10 Å². The molecule has 0 amide bonds. The average Bonchev–Trinajstić information content (AvgIpc) is 3.64. The van der Waals surface area contributed by atoms with Crippen LogP contribution in [0.2, 0.25) is 0 Å². The van der Waals surface area contributed by atoms with Crippen molar-refractivity contribution >= 4 is 61.1 Å². The molecule has 8 aromatic rings. The molecule has 0 atom stereocenters. The molecule has 0 saturated carbocycles. The lowest BCUT2D eigenvalue weighted by Gasteiger charge is -2.41. The molecule has 6 aromatic carbocycles. The second-order valence-corrected chi connectivity index (χ2v) is 10.6. The second-order valence-electron chi connectivity index (χ2n) is 10.6. The fraction of sp³-hybridized carbons (Fsp3) is 0. The van der Waals surface area contributed by atoms with Gasteiger partial charge in [0.05, 0.1) is 39.5 Å². The van der Waals surface area contributed by atoms with Crippen LogP contribution in [-0.4, -0.2) is 14.5 Å². The summed E-state index contributed by atoms with van der Waals surface area (Å²) in [7, 11) is 0. The number of aromatic nitrogens is 3. The van der Waals surface area contributed by atoms with E-state index in [0.717, 1.165) is 61.4 Å². The van der Waals surface area contributed by atoms with Crippen LogP contribution in [-0.2, 0) is 0 Å². The van der Waals surface area contributed by atoms with Crippen LogP contribution in [0.15, 0.2) is 152 Å². The third kappa shape index (κ3) is 3.22. The number of fused-ring (bicyclic) bond motifs is 7. The minimum absolute atomic E-state index is 0.996. The minimum Gasteiger partial charge on any atom is -0.306 e. The molecule has 3 heterocycles. The first-order valence-electron chi connectivity index (χ1n) is 14.2. The second kappa shape index (κ2) is 8.85. The van der Waals surface area contributed by atoms with Crippen LogP contribution < -0.4 is 9.91 Å². The number of nitrogens with zero attached hydrogens (tertiary/aromatic N) is 5. The van der Waals surface area contributed by atoms with Gasteiger partial charge in [-0.1, -0.05) is 78.9 Å². The molecular weight excluding hydrogens is 514 g/mol. The summed E-state index contributed by atoms with van der Waals surface area (Å²) < 4.78 is 4.35. The van der Waals surface area contributed by atoms with E-state index < -0.39 is 0 Å². The summed E-state index contributed by atoms with van der Waals surface area (Å²) in [6, 6.07) is 51.3. The lowest BCUT2D eigenvalue weighted by Crippen LogP contribution is -2.31. The van der Waals surface area contributed by atoms with Crippen LogP contribution in [0.1, 0.15) is 0 Å². The molecule has 5 nitrogen and oxygen atoms in total. The van der Waals surface area contributed by atoms with E-state index in [1.54, 1.807) is 0 Å². The van der Waals surface area contributed by atoms with Crippen LogP contribution in [0, 0.1) is 0 Å². The largest absolute Gasteiger partial charge is 0.306 e. The van der Waals surface area contributed by atoms with Crippen molar-refractivity contribution in [3.63, 3.8) is 0 Å². The van der Waals surface area contributed by atoms with Crippen molar-refractivity contribution in [3.8, 4) is 5.69 Å². The zero-order valence-electron chi connectivity index (χ0n) is 22.7. The summed E-state index contributed by atoms with van der Waals surface area (Å²) in [5, 5.41) is 11.0. The number of hydrogen-bond acceptors (Lipinski definition) is 3. The normalized spacial score (nSPS) is 12.7. The zero-order valence-corrected chi connectivity index (χ0v) is 22.7. The Balaban J connectivity index is 1.36. The molecule has 5 heteroatoms. The molecule has 0 saturated heterocycles. The molecule has 9 rings (SSSR count). The third-order valence-corrected chi connectivity index (χ3v) is 8.22. The number of hydrogen-bond donors (Lipinski definition) is 0. The van der Waals surface area contributed by atoms with Gasteiger partial charge in [-0.15, -0.1) is 0 Å². The van der Waals surface area contributed by atoms with Gasteiger partial charge in [0.2, 0.25) is 0 Å². The quantitative estimate of drug-likeness (QED) is 0.224. The van der Waals surface area contributed by atoms with Gasteiger partial charge in [-0.25, -0.2) is 14.4 Å². The summed E-state index contributed by atoms with van der Waals surface area (Å²) in [6.07, 6.45) is 2.12. The van der Waals surface area contributed by atoms with E-state index >= 15 is 0 Å². The molecule has 0 bridgehead atoms. The van der Waals surface area contributed by atoms with E-state index in [0.29, 0.717) is 0 Å². The lowest BCUT2D eigenvalue weighted by molar-refractivity contribution is 0.874. The molecule has 0 radical (unpaired) electrons. The lowest BCUT2D eigenvalue weighted by atomic mass is 10.1. The van der Waals surface area contributed by atoms with Crippen molar-refractivity contribution in [2.75, 3.05) is 9.91 Å². The Hall–Kier alpha value is -5.81. The fourth-order valence-electron chi connectivity index (χ4n) is 6.44. The summed E-state index contributed by atoms with van der Waals surface area (Å²) in [4.78, 5) is 2.36. The first kappa shape index (κ1) is 22.9. The molecule has 1 aliphatic heterocycles. The highest BCUT2D eigenvalue weighted by Gasteiger charge is 2.32. The highest BCUT2D eigenvalue weighted by molar-refractivity contribution is 6.20. The van der Waals surface area contributed by atoms with Crippen molar-refractivity contribution < 1.29 is 0 Å². The molecule has 2 aromatic heterocycles. The Bertz CT molecular complexity index is 2220. The van der Waals surface area contributed by atoms with Gasteiger partial charge in [-0.3, -0.25) is 0 Å². The van der Waals surface area contributed by atoms with Crippen molar-refractivity contribution in [1.29, 1.82) is 0 Å². The van der Waals surface area contributed by atoms with Gasteiger partial charge in [0.1, 0.15) is 5.52 Å². The number of benzene rings is 6. The van der Waals surface area contributed by atoms with Crippen molar-refractivity contribution in [2.45, 2.75) is 0 Å². The SMILES string of the molecule is c1ccc(N2c3ccccc3N(n3c4ccccc4c4c5nn(-c6ccccc6)cc5ccc43)c3ccccc32)cc1. The monoisotopic (exact) mass is 539 g/mol. The van der Waals surface area contributed by atoms with Gasteiger partial charge in [-0.2, -0.15) is 5.10 Å². The van der Waals surface area contributed by atoms with Crippen LogP contribution in [0.3, 0.4) is 0 Å². The number of para-hydroxylation sites is 7. The Morgan fingerprint density at radius 1 is 0.452 bits per heavy atom. The Kier molecular flexibility index (Phi) is 4.83. The molecular formula is C37H25N5. The predicted octanol–water partition coefficient (Wildman–Crippen LogP) is 9.52. The smallest absolute Gasteiger partial charge is 0.103 e. The summed E-state index contributed by atoms with van der Waals surface area (Å²) >= 11 is 0. The van der Waals surface area contributed by atoms with Crippen LogP contribution >= 0.6 is 0 Å². The van der Waals surface area contributed by atoms with Crippen LogP contribution in [0.4, 0.5) is 28.4 Å². The molecule has 0 aliphatic carbocycles. The Morgan fingerprint density at radius 2 is 1.02 bits per heavy atom. The average molecular weight is 540 g/mol. The molecule has 42 heavy (non-hydrogen) atoms. The van der Waals surface area contributed by atoms with E-state index in [1.165, 1.54) is 5.39 Å². The molecule has 0 fully saturated rings. The zero-order chi connectivity index (χ0) is 27.6. The summed E-state index contributed by atoms with van der Waals surface area (Å²) in [5.74, 6) is 0. The summed E-state index contributed by atoms with van der Waals surface area (Å²) in [6.45, 7) is 0. The van der Waals surface area contributed by atoms with Crippen molar-refractivity contribution in [1.82, 2.24) is 14.5 Å². The molecule has 0 N–H and O–H groups in total. The van der Waals surface area contributed by atoms with Crippen molar-refractivity contribution in [2.24, 2.45) is 0 Å². The molecule has 198 valence electrons. The Morgan fingerprint density at radius 3 is 1.71 bits per heavy atom. The van der Waals surface area contributed by atoms with Crippen molar-refractivity contribution in [3.05, 3.63) is 152 Å². The van der Waals surface area contributed by atoms with Gasteiger partial charge in [0.25, 0.3) is 0 Å². The predicted molar refractivity (Wildman–Crippen MR) is 173 cm³/mol. The third-order valence-electron chi connectivity index (χ3n) is 8.22. The van der Waals surface area contributed by atoms with Crippen LogP contribution in [0.25, 0.3) is 38.4 Å².